The lowest BCUT2D eigenvalue weighted by atomic mass is 10.1. The van der Waals surface area contributed by atoms with Gasteiger partial charge in [-0.15, -0.1) is 0 Å². The van der Waals surface area contributed by atoms with Crippen LogP contribution in [0.3, 0.4) is 0 Å². The second kappa shape index (κ2) is 6.59. The average Bonchev–Trinajstić information content (AvgIpc) is 2.56. The van der Waals surface area contributed by atoms with Crippen LogP contribution in [0.2, 0.25) is 5.02 Å². The number of piperazine rings is 1. The van der Waals surface area contributed by atoms with Crippen LogP contribution in [-0.2, 0) is 0 Å². The fourth-order valence-electron chi connectivity index (χ4n) is 2.88. The fraction of sp³-hybridized carbons (Fsp3) is 0.278. The summed E-state index contributed by atoms with van der Waals surface area (Å²) in [7, 11) is 0. The molecule has 120 valence electrons. The Balaban J connectivity index is 1.69. The second-order valence-electron chi connectivity index (χ2n) is 5.72. The molecule has 1 fully saturated rings. The number of carbonyl (C=O) groups excluding carboxylic acids is 1. The summed E-state index contributed by atoms with van der Waals surface area (Å²) in [5.74, 6) is -0.504. The summed E-state index contributed by atoms with van der Waals surface area (Å²) < 4.78 is 13.3. The van der Waals surface area contributed by atoms with E-state index in [-0.39, 0.29) is 11.7 Å². The van der Waals surface area contributed by atoms with E-state index in [1.54, 1.807) is 17.0 Å². The minimum Gasteiger partial charge on any atom is -0.368 e. The molecule has 1 amide bonds. The summed E-state index contributed by atoms with van der Waals surface area (Å²) in [6.45, 7) is 4.75. The van der Waals surface area contributed by atoms with Gasteiger partial charge in [0.2, 0.25) is 0 Å². The van der Waals surface area contributed by atoms with Gasteiger partial charge in [0.1, 0.15) is 5.82 Å². The lowest BCUT2D eigenvalue weighted by Crippen LogP contribution is -2.49. The third-order valence-electron chi connectivity index (χ3n) is 4.15. The van der Waals surface area contributed by atoms with Crippen molar-refractivity contribution in [2.45, 2.75) is 6.92 Å². The Morgan fingerprint density at radius 3 is 2.52 bits per heavy atom. The number of anilines is 1. The van der Waals surface area contributed by atoms with E-state index in [2.05, 4.69) is 11.8 Å². The maximum Gasteiger partial charge on any atom is 0.254 e. The Bertz CT molecular complexity index is 727. The van der Waals surface area contributed by atoms with E-state index in [4.69, 9.17) is 11.6 Å². The van der Waals surface area contributed by atoms with Crippen molar-refractivity contribution < 1.29 is 9.18 Å². The number of benzene rings is 2. The van der Waals surface area contributed by atoms with E-state index in [1.165, 1.54) is 17.7 Å². The molecule has 0 aliphatic carbocycles. The van der Waals surface area contributed by atoms with Crippen molar-refractivity contribution in [3.8, 4) is 0 Å². The lowest BCUT2D eigenvalue weighted by molar-refractivity contribution is 0.0746. The van der Waals surface area contributed by atoms with Gasteiger partial charge in [0, 0.05) is 42.5 Å². The number of rotatable bonds is 2. The molecular formula is C18H18ClFN2O. The number of amides is 1. The first-order chi connectivity index (χ1) is 11.0. The third kappa shape index (κ3) is 3.48. The van der Waals surface area contributed by atoms with Gasteiger partial charge in [-0.1, -0.05) is 23.7 Å². The van der Waals surface area contributed by atoms with Gasteiger partial charge in [0.05, 0.1) is 0 Å². The first kappa shape index (κ1) is 15.8. The zero-order valence-electron chi connectivity index (χ0n) is 12.9. The van der Waals surface area contributed by atoms with Crippen LogP contribution in [0.15, 0.2) is 42.5 Å². The molecule has 0 saturated carbocycles. The molecule has 0 atom stereocenters. The van der Waals surface area contributed by atoms with E-state index < -0.39 is 0 Å². The van der Waals surface area contributed by atoms with Crippen molar-refractivity contribution in [1.29, 1.82) is 0 Å². The van der Waals surface area contributed by atoms with Crippen LogP contribution < -0.4 is 4.90 Å². The van der Waals surface area contributed by atoms with Gasteiger partial charge in [-0.05, 0) is 42.8 Å². The van der Waals surface area contributed by atoms with Gasteiger partial charge in [0.25, 0.3) is 5.91 Å². The monoisotopic (exact) mass is 332 g/mol. The highest BCUT2D eigenvalue weighted by atomic mass is 35.5. The van der Waals surface area contributed by atoms with Crippen LogP contribution in [0.1, 0.15) is 15.9 Å². The number of aryl methyl sites for hydroxylation is 1. The highest BCUT2D eigenvalue weighted by molar-refractivity contribution is 6.30. The summed E-state index contributed by atoms with van der Waals surface area (Å²) in [6, 6.07) is 11.7. The van der Waals surface area contributed by atoms with E-state index in [0.29, 0.717) is 23.7 Å². The van der Waals surface area contributed by atoms with Crippen molar-refractivity contribution in [1.82, 2.24) is 4.90 Å². The number of hydrogen-bond donors (Lipinski definition) is 0. The molecule has 0 spiro atoms. The molecule has 0 N–H and O–H groups in total. The van der Waals surface area contributed by atoms with Crippen LogP contribution in [0.4, 0.5) is 10.1 Å². The smallest absolute Gasteiger partial charge is 0.254 e. The number of halogens is 2. The maximum atomic E-state index is 13.3. The second-order valence-corrected chi connectivity index (χ2v) is 6.16. The Hall–Kier alpha value is -2.07. The molecule has 2 aromatic carbocycles. The van der Waals surface area contributed by atoms with Gasteiger partial charge in [-0.2, -0.15) is 0 Å². The van der Waals surface area contributed by atoms with Crippen LogP contribution >= 0.6 is 11.6 Å². The van der Waals surface area contributed by atoms with Crippen molar-refractivity contribution in [2.75, 3.05) is 31.1 Å². The van der Waals surface area contributed by atoms with Gasteiger partial charge in [-0.25, -0.2) is 4.39 Å². The normalized spacial score (nSPS) is 14.9. The van der Waals surface area contributed by atoms with E-state index in [1.807, 2.05) is 18.2 Å². The topological polar surface area (TPSA) is 23.6 Å². The fourth-order valence-corrected chi connectivity index (χ4v) is 3.04. The molecule has 0 unspecified atom stereocenters. The van der Waals surface area contributed by atoms with Crippen LogP contribution in [0.5, 0.6) is 0 Å². The van der Waals surface area contributed by atoms with Crippen molar-refractivity contribution in [2.24, 2.45) is 0 Å². The molecule has 1 aliphatic heterocycles. The molecule has 23 heavy (non-hydrogen) atoms. The van der Waals surface area contributed by atoms with Crippen molar-refractivity contribution in [3.63, 3.8) is 0 Å². The summed E-state index contributed by atoms with van der Waals surface area (Å²) >= 11 is 6.08. The molecule has 0 bridgehead atoms. The van der Waals surface area contributed by atoms with E-state index >= 15 is 0 Å². The molecular weight excluding hydrogens is 315 g/mol. The predicted octanol–water partition coefficient (Wildman–Crippen LogP) is 3.75. The van der Waals surface area contributed by atoms with Gasteiger partial charge in [0.15, 0.2) is 0 Å². The van der Waals surface area contributed by atoms with E-state index in [9.17, 15) is 9.18 Å². The summed E-state index contributed by atoms with van der Waals surface area (Å²) in [5.41, 5.74) is 2.67. The summed E-state index contributed by atoms with van der Waals surface area (Å²) in [5, 5.41) is 0.712. The molecule has 0 radical (unpaired) electrons. The Kier molecular flexibility index (Phi) is 4.53. The van der Waals surface area contributed by atoms with Crippen LogP contribution in [0, 0.1) is 12.7 Å². The molecule has 2 aromatic rings. The molecule has 5 heteroatoms. The maximum absolute atomic E-state index is 13.3. The van der Waals surface area contributed by atoms with E-state index in [0.717, 1.165) is 18.8 Å². The highest BCUT2D eigenvalue weighted by Gasteiger charge is 2.23. The van der Waals surface area contributed by atoms with Crippen molar-refractivity contribution in [3.05, 3.63) is 64.4 Å². The minimum absolute atomic E-state index is 0.119. The quantitative estimate of drug-likeness (QED) is 0.836. The molecule has 3 nitrogen and oxygen atoms in total. The SMILES string of the molecule is Cc1ccc(Cl)cc1N1CCN(C(=O)c2cccc(F)c2)CC1. The Morgan fingerprint density at radius 2 is 1.83 bits per heavy atom. The summed E-state index contributed by atoms with van der Waals surface area (Å²) in [4.78, 5) is 16.4. The highest BCUT2D eigenvalue weighted by Crippen LogP contribution is 2.25. The predicted molar refractivity (Wildman–Crippen MR) is 90.7 cm³/mol. The van der Waals surface area contributed by atoms with Gasteiger partial charge < -0.3 is 9.80 Å². The Morgan fingerprint density at radius 1 is 1.09 bits per heavy atom. The number of nitrogens with zero attached hydrogens (tertiary/aromatic N) is 2. The lowest BCUT2D eigenvalue weighted by Gasteiger charge is -2.37. The third-order valence-corrected chi connectivity index (χ3v) is 4.39. The molecule has 0 aromatic heterocycles. The standard InChI is InChI=1S/C18H18ClFN2O/c1-13-5-6-15(19)12-17(13)21-7-9-22(10-8-21)18(23)14-3-2-4-16(20)11-14/h2-6,11-12H,7-10H2,1H3. The Labute approximate surface area is 140 Å². The van der Waals surface area contributed by atoms with Crippen molar-refractivity contribution >= 4 is 23.2 Å². The first-order valence-electron chi connectivity index (χ1n) is 7.60. The van der Waals surface area contributed by atoms with Gasteiger partial charge in [-0.3, -0.25) is 4.79 Å². The number of carbonyl (C=O) groups is 1. The van der Waals surface area contributed by atoms with Crippen LogP contribution in [0.25, 0.3) is 0 Å². The molecule has 3 rings (SSSR count). The molecule has 1 saturated heterocycles. The average molecular weight is 333 g/mol. The zero-order valence-corrected chi connectivity index (χ0v) is 13.7. The van der Waals surface area contributed by atoms with Crippen LogP contribution in [-0.4, -0.2) is 37.0 Å². The minimum atomic E-state index is -0.385. The first-order valence-corrected chi connectivity index (χ1v) is 7.98. The molecule has 1 heterocycles. The summed E-state index contributed by atoms with van der Waals surface area (Å²) in [6.07, 6.45) is 0. The number of hydrogen-bond acceptors (Lipinski definition) is 2. The molecule has 1 aliphatic rings. The zero-order chi connectivity index (χ0) is 16.4. The van der Waals surface area contributed by atoms with Gasteiger partial charge >= 0.3 is 0 Å². The largest absolute Gasteiger partial charge is 0.368 e.